The standard InChI is InChI=1S/C25H41N3O6/c1-8-10-18(4)26-22(31)21(20-16(2)11-9-12-17(20)3)28(13-14-29)23(32)19(15-30)27-24(33)34-25(5,6)7/h9,11-12,18-19,21,29-30H,8,10,13-15H2,1-7H3,(H,26,31)(H,27,33). The Bertz CT molecular complexity index is 816. The SMILES string of the molecule is CCCC(C)NC(=O)C(c1c(C)cccc1C)N(CCO)C(=O)C(CO)NC(=O)OC(C)(C)C. The van der Waals surface area contributed by atoms with Gasteiger partial charge in [-0.2, -0.15) is 0 Å². The third-order valence-electron chi connectivity index (χ3n) is 5.28. The van der Waals surface area contributed by atoms with Gasteiger partial charge in [-0.1, -0.05) is 31.5 Å². The molecule has 0 aliphatic heterocycles. The number of aliphatic hydroxyl groups is 2. The topological polar surface area (TPSA) is 128 Å². The van der Waals surface area contributed by atoms with Crippen LogP contribution in [0.4, 0.5) is 4.79 Å². The fourth-order valence-corrected chi connectivity index (χ4v) is 3.82. The van der Waals surface area contributed by atoms with Crippen molar-refractivity contribution in [3.63, 3.8) is 0 Å². The first kappa shape index (κ1) is 29.4. The molecule has 0 heterocycles. The predicted molar refractivity (Wildman–Crippen MR) is 130 cm³/mol. The minimum Gasteiger partial charge on any atom is -0.444 e. The average molecular weight is 480 g/mol. The van der Waals surface area contributed by atoms with Crippen molar-refractivity contribution in [2.24, 2.45) is 0 Å². The van der Waals surface area contributed by atoms with E-state index < -0.39 is 48.8 Å². The van der Waals surface area contributed by atoms with Gasteiger partial charge in [0.05, 0.1) is 13.2 Å². The Morgan fingerprint density at radius 3 is 2.15 bits per heavy atom. The van der Waals surface area contributed by atoms with Gasteiger partial charge in [-0.15, -0.1) is 0 Å². The maximum atomic E-state index is 13.5. The lowest BCUT2D eigenvalue weighted by atomic mass is 9.93. The van der Waals surface area contributed by atoms with Gasteiger partial charge in [-0.3, -0.25) is 9.59 Å². The summed E-state index contributed by atoms with van der Waals surface area (Å²) < 4.78 is 5.21. The highest BCUT2D eigenvalue weighted by Crippen LogP contribution is 2.28. The number of aryl methyl sites for hydroxylation is 2. The Labute approximate surface area is 202 Å². The van der Waals surface area contributed by atoms with Crippen molar-refractivity contribution in [2.75, 3.05) is 19.8 Å². The van der Waals surface area contributed by atoms with Crippen LogP contribution in [0, 0.1) is 13.8 Å². The summed E-state index contributed by atoms with van der Waals surface area (Å²) in [5, 5.41) is 25.0. The van der Waals surface area contributed by atoms with Crippen molar-refractivity contribution in [3.8, 4) is 0 Å². The van der Waals surface area contributed by atoms with Crippen LogP contribution in [0.25, 0.3) is 0 Å². The smallest absolute Gasteiger partial charge is 0.408 e. The molecular weight excluding hydrogens is 438 g/mol. The summed E-state index contributed by atoms with van der Waals surface area (Å²) in [6, 6.07) is 3.03. The quantitative estimate of drug-likeness (QED) is 0.386. The van der Waals surface area contributed by atoms with Crippen LogP contribution in [0.1, 0.15) is 70.2 Å². The Kier molecular flexibility index (Phi) is 11.5. The molecule has 1 aromatic carbocycles. The second kappa shape index (κ2) is 13.3. The van der Waals surface area contributed by atoms with Crippen molar-refractivity contribution in [2.45, 2.75) is 85.0 Å². The molecule has 1 aromatic rings. The molecule has 34 heavy (non-hydrogen) atoms. The van der Waals surface area contributed by atoms with E-state index >= 15 is 0 Å². The summed E-state index contributed by atoms with van der Waals surface area (Å²) in [7, 11) is 0. The van der Waals surface area contributed by atoms with E-state index in [4.69, 9.17) is 4.74 Å². The lowest BCUT2D eigenvalue weighted by molar-refractivity contribution is -0.144. The van der Waals surface area contributed by atoms with Gasteiger partial charge in [0.1, 0.15) is 17.7 Å². The normalized spacial score (nSPS) is 14.0. The summed E-state index contributed by atoms with van der Waals surface area (Å²) in [5.41, 5.74) is 1.45. The van der Waals surface area contributed by atoms with E-state index in [2.05, 4.69) is 10.6 Å². The maximum absolute atomic E-state index is 13.5. The molecule has 0 saturated carbocycles. The van der Waals surface area contributed by atoms with Crippen LogP contribution in [-0.2, 0) is 14.3 Å². The number of amides is 3. The highest BCUT2D eigenvalue weighted by atomic mass is 16.6. The summed E-state index contributed by atoms with van der Waals surface area (Å²) >= 11 is 0. The molecule has 0 spiro atoms. The van der Waals surface area contributed by atoms with Gasteiger partial charge >= 0.3 is 6.09 Å². The molecule has 3 atom stereocenters. The number of ether oxygens (including phenoxy) is 1. The van der Waals surface area contributed by atoms with E-state index in [9.17, 15) is 24.6 Å². The van der Waals surface area contributed by atoms with Crippen LogP contribution in [0.5, 0.6) is 0 Å². The van der Waals surface area contributed by atoms with Gasteiger partial charge < -0.3 is 30.5 Å². The number of nitrogens with one attached hydrogen (secondary N) is 2. The Balaban J connectivity index is 3.43. The third kappa shape index (κ3) is 8.61. The molecule has 0 fully saturated rings. The Morgan fingerprint density at radius 2 is 1.68 bits per heavy atom. The van der Waals surface area contributed by atoms with Crippen molar-refractivity contribution in [1.82, 2.24) is 15.5 Å². The number of rotatable bonds is 11. The monoisotopic (exact) mass is 479 g/mol. The van der Waals surface area contributed by atoms with Gasteiger partial charge in [0, 0.05) is 12.6 Å². The molecular formula is C25H41N3O6. The van der Waals surface area contributed by atoms with Crippen molar-refractivity contribution in [3.05, 3.63) is 34.9 Å². The number of alkyl carbamates (subject to hydrolysis) is 1. The minimum absolute atomic E-state index is 0.121. The molecule has 0 aliphatic carbocycles. The number of carbonyl (C=O) groups excluding carboxylic acids is 3. The van der Waals surface area contributed by atoms with Crippen LogP contribution in [0.15, 0.2) is 18.2 Å². The van der Waals surface area contributed by atoms with E-state index in [0.717, 1.165) is 24.0 Å². The maximum Gasteiger partial charge on any atom is 0.408 e. The zero-order chi connectivity index (χ0) is 26.1. The molecule has 192 valence electrons. The molecule has 0 aliphatic rings. The predicted octanol–water partition coefficient (Wildman–Crippen LogP) is 2.36. The lowest BCUT2D eigenvalue weighted by Crippen LogP contribution is -2.55. The summed E-state index contributed by atoms with van der Waals surface area (Å²) in [4.78, 5) is 40.5. The molecule has 3 unspecified atom stereocenters. The molecule has 9 nitrogen and oxygen atoms in total. The number of benzene rings is 1. The first-order valence-electron chi connectivity index (χ1n) is 11.7. The first-order valence-corrected chi connectivity index (χ1v) is 11.7. The van der Waals surface area contributed by atoms with Gasteiger partial charge in [-0.25, -0.2) is 4.79 Å². The minimum atomic E-state index is -1.35. The van der Waals surface area contributed by atoms with Crippen molar-refractivity contribution < 1.29 is 29.3 Å². The van der Waals surface area contributed by atoms with Crippen molar-refractivity contribution >= 4 is 17.9 Å². The highest BCUT2D eigenvalue weighted by Gasteiger charge is 2.37. The van der Waals surface area contributed by atoms with Gasteiger partial charge in [0.25, 0.3) is 0 Å². The summed E-state index contributed by atoms with van der Waals surface area (Å²) in [6.07, 6.45) is 0.772. The number of hydrogen-bond donors (Lipinski definition) is 4. The lowest BCUT2D eigenvalue weighted by Gasteiger charge is -2.35. The summed E-state index contributed by atoms with van der Waals surface area (Å²) in [5.74, 6) is -1.09. The summed E-state index contributed by atoms with van der Waals surface area (Å²) in [6.45, 7) is 11.4. The van der Waals surface area contributed by atoms with E-state index in [1.165, 1.54) is 4.90 Å². The highest BCUT2D eigenvalue weighted by molar-refractivity contribution is 5.92. The van der Waals surface area contributed by atoms with E-state index in [1.807, 2.05) is 45.9 Å². The van der Waals surface area contributed by atoms with Crippen LogP contribution >= 0.6 is 0 Å². The second-order valence-corrected chi connectivity index (χ2v) is 9.54. The van der Waals surface area contributed by atoms with E-state index in [0.29, 0.717) is 5.56 Å². The van der Waals surface area contributed by atoms with Crippen LogP contribution in [0.2, 0.25) is 0 Å². The van der Waals surface area contributed by atoms with Crippen LogP contribution < -0.4 is 10.6 Å². The van der Waals surface area contributed by atoms with Crippen LogP contribution in [0.3, 0.4) is 0 Å². The van der Waals surface area contributed by atoms with Gasteiger partial charge in [0.15, 0.2) is 0 Å². The largest absolute Gasteiger partial charge is 0.444 e. The van der Waals surface area contributed by atoms with Gasteiger partial charge in [-0.05, 0) is 64.7 Å². The second-order valence-electron chi connectivity index (χ2n) is 9.54. The van der Waals surface area contributed by atoms with Crippen LogP contribution in [-0.4, -0.2) is 70.5 Å². The first-order chi connectivity index (χ1) is 15.9. The number of nitrogens with zero attached hydrogens (tertiary/aromatic N) is 1. The zero-order valence-corrected chi connectivity index (χ0v) is 21.5. The Hall–Kier alpha value is -2.65. The molecule has 1 rings (SSSR count). The number of carbonyl (C=O) groups is 3. The zero-order valence-electron chi connectivity index (χ0n) is 21.5. The Morgan fingerprint density at radius 1 is 1.09 bits per heavy atom. The molecule has 4 N–H and O–H groups in total. The molecule has 0 aromatic heterocycles. The molecule has 0 radical (unpaired) electrons. The van der Waals surface area contributed by atoms with E-state index in [-0.39, 0.29) is 12.6 Å². The third-order valence-corrected chi connectivity index (χ3v) is 5.28. The number of hydrogen-bond acceptors (Lipinski definition) is 6. The average Bonchev–Trinajstić information content (AvgIpc) is 2.71. The fourth-order valence-electron chi connectivity index (χ4n) is 3.82. The molecule has 9 heteroatoms. The van der Waals surface area contributed by atoms with Crippen molar-refractivity contribution in [1.29, 1.82) is 0 Å². The fraction of sp³-hybridized carbons (Fsp3) is 0.640. The molecule has 0 saturated heterocycles. The molecule has 0 bridgehead atoms. The molecule has 3 amide bonds. The van der Waals surface area contributed by atoms with Gasteiger partial charge in [0.2, 0.25) is 11.8 Å². The number of aliphatic hydroxyl groups excluding tert-OH is 2. The van der Waals surface area contributed by atoms with E-state index in [1.54, 1.807) is 20.8 Å².